The summed E-state index contributed by atoms with van der Waals surface area (Å²) in [7, 11) is 3.77. The summed E-state index contributed by atoms with van der Waals surface area (Å²) in [6, 6.07) is 11.5. The van der Waals surface area contributed by atoms with Gasteiger partial charge in [0, 0.05) is 6.04 Å². The lowest BCUT2D eigenvalue weighted by Crippen LogP contribution is -2.21. The van der Waals surface area contributed by atoms with Gasteiger partial charge in [-0.15, -0.1) is 0 Å². The molecule has 0 fully saturated rings. The van der Waals surface area contributed by atoms with E-state index < -0.39 is 0 Å². The van der Waals surface area contributed by atoms with Crippen molar-refractivity contribution in [1.29, 1.82) is 0 Å². The van der Waals surface area contributed by atoms with Crippen molar-refractivity contribution in [2.24, 2.45) is 0 Å². The molecular weight excluding hydrogens is 222 g/mol. The van der Waals surface area contributed by atoms with Gasteiger partial charge >= 0.3 is 0 Å². The second-order valence-corrected chi connectivity index (χ2v) is 5.00. The molecule has 0 saturated heterocycles. The number of benzene rings is 2. The average molecular weight is 241 g/mol. The number of fused-ring (bicyclic) bond motifs is 2. The molecule has 1 N–H and O–H groups in total. The predicted octanol–water partition coefficient (Wildman–Crippen LogP) is 3.45. The zero-order valence-corrected chi connectivity index (χ0v) is 11.0. The van der Waals surface area contributed by atoms with Gasteiger partial charge in [-0.3, -0.25) is 0 Å². The summed E-state index contributed by atoms with van der Waals surface area (Å²) in [5.41, 5.74) is 2.96. The second kappa shape index (κ2) is 4.62. The largest absolute Gasteiger partial charge is 0.497 e. The molecule has 2 aromatic rings. The van der Waals surface area contributed by atoms with Crippen LogP contribution in [-0.2, 0) is 6.42 Å². The van der Waals surface area contributed by atoms with Gasteiger partial charge < -0.3 is 10.1 Å². The normalized spacial score (nSPS) is 18.7. The smallest absolute Gasteiger partial charge is 0.119 e. The molecule has 0 aromatic heterocycles. The predicted molar refractivity (Wildman–Crippen MR) is 75.2 cm³/mol. The molecule has 0 bridgehead atoms. The minimum atomic E-state index is 0.514. The Morgan fingerprint density at radius 3 is 2.83 bits per heavy atom. The fraction of sp³-hybridized carbons (Fsp3) is 0.375. The molecule has 0 saturated carbocycles. The Morgan fingerprint density at radius 2 is 2.06 bits per heavy atom. The minimum absolute atomic E-state index is 0.514. The van der Waals surface area contributed by atoms with Crippen molar-refractivity contribution in [1.82, 2.24) is 5.32 Å². The highest BCUT2D eigenvalue weighted by Gasteiger charge is 2.19. The number of ether oxygens (including phenoxy) is 1. The third-order valence-corrected chi connectivity index (χ3v) is 3.97. The third-order valence-electron chi connectivity index (χ3n) is 3.97. The number of nitrogens with one attached hydrogen (secondary N) is 1. The highest BCUT2D eigenvalue weighted by molar-refractivity contribution is 5.85. The molecule has 2 nitrogen and oxygen atoms in total. The molecule has 1 unspecified atom stereocenters. The summed E-state index contributed by atoms with van der Waals surface area (Å²) in [6.45, 7) is 0. The van der Waals surface area contributed by atoms with Crippen molar-refractivity contribution in [3.05, 3.63) is 41.5 Å². The Kier molecular flexibility index (Phi) is 2.96. The fourth-order valence-electron chi connectivity index (χ4n) is 2.96. The maximum atomic E-state index is 5.30. The number of aryl methyl sites for hydroxylation is 1. The van der Waals surface area contributed by atoms with Gasteiger partial charge in [-0.2, -0.15) is 0 Å². The monoisotopic (exact) mass is 241 g/mol. The van der Waals surface area contributed by atoms with Gasteiger partial charge in [0.15, 0.2) is 0 Å². The lowest BCUT2D eigenvalue weighted by Gasteiger charge is -2.25. The molecule has 2 aromatic carbocycles. The molecule has 18 heavy (non-hydrogen) atoms. The van der Waals surface area contributed by atoms with E-state index in [-0.39, 0.29) is 0 Å². The first kappa shape index (κ1) is 11.5. The molecule has 0 spiro atoms. The van der Waals surface area contributed by atoms with Gasteiger partial charge in [0.25, 0.3) is 0 Å². The van der Waals surface area contributed by atoms with E-state index in [0.29, 0.717) is 6.04 Å². The SMILES string of the molecule is CNC1CCCc2cc3cc(OC)ccc3cc21. The zero-order valence-electron chi connectivity index (χ0n) is 11.0. The number of hydrogen-bond acceptors (Lipinski definition) is 2. The van der Waals surface area contributed by atoms with Crippen molar-refractivity contribution < 1.29 is 4.74 Å². The lowest BCUT2D eigenvalue weighted by molar-refractivity contribution is 0.415. The maximum absolute atomic E-state index is 5.30. The maximum Gasteiger partial charge on any atom is 0.119 e. The highest BCUT2D eigenvalue weighted by atomic mass is 16.5. The van der Waals surface area contributed by atoms with E-state index in [4.69, 9.17) is 4.74 Å². The van der Waals surface area contributed by atoms with Crippen LogP contribution in [0.1, 0.15) is 30.0 Å². The van der Waals surface area contributed by atoms with E-state index in [1.807, 2.05) is 6.07 Å². The Balaban J connectivity index is 2.16. The van der Waals surface area contributed by atoms with E-state index in [1.54, 1.807) is 7.11 Å². The van der Waals surface area contributed by atoms with E-state index in [0.717, 1.165) is 5.75 Å². The summed E-state index contributed by atoms with van der Waals surface area (Å²) in [6.07, 6.45) is 3.71. The Labute approximate surface area is 108 Å². The van der Waals surface area contributed by atoms with Gasteiger partial charge in [0.1, 0.15) is 5.75 Å². The van der Waals surface area contributed by atoms with Crippen LogP contribution in [0.4, 0.5) is 0 Å². The standard InChI is InChI=1S/C16H19NO/c1-17-16-5-3-4-12-8-13-9-14(18-2)7-6-11(13)10-15(12)16/h6-10,16-17H,3-5H2,1-2H3. The second-order valence-electron chi connectivity index (χ2n) is 5.00. The van der Waals surface area contributed by atoms with Gasteiger partial charge in [-0.25, -0.2) is 0 Å². The van der Waals surface area contributed by atoms with Gasteiger partial charge in [-0.1, -0.05) is 12.1 Å². The molecule has 0 aliphatic heterocycles. The Bertz CT molecular complexity index is 577. The fourth-order valence-corrected chi connectivity index (χ4v) is 2.96. The van der Waals surface area contributed by atoms with Crippen LogP contribution in [0.25, 0.3) is 10.8 Å². The molecule has 3 rings (SSSR count). The van der Waals surface area contributed by atoms with Crippen LogP contribution in [0.15, 0.2) is 30.3 Å². The van der Waals surface area contributed by atoms with Crippen LogP contribution >= 0.6 is 0 Å². The van der Waals surface area contributed by atoms with Gasteiger partial charge in [0.05, 0.1) is 7.11 Å². The van der Waals surface area contributed by atoms with E-state index in [1.165, 1.54) is 41.2 Å². The summed E-state index contributed by atoms with van der Waals surface area (Å²) >= 11 is 0. The topological polar surface area (TPSA) is 21.3 Å². The summed E-state index contributed by atoms with van der Waals surface area (Å²) in [4.78, 5) is 0. The first-order valence-electron chi connectivity index (χ1n) is 6.59. The van der Waals surface area contributed by atoms with E-state index in [9.17, 15) is 0 Å². The van der Waals surface area contributed by atoms with Crippen LogP contribution in [0.2, 0.25) is 0 Å². The molecule has 1 aliphatic carbocycles. The van der Waals surface area contributed by atoms with Crippen LogP contribution in [0.5, 0.6) is 5.75 Å². The Morgan fingerprint density at radius 1 is 1.17 bits per heavy atom. The van der Waals surface area contributed by atoms with Crippen molar-refractivity contribution in [3.63, 3.8) is 0 Å². The minimum Gasteiger partial charge on any atom is -0.497 e. The highest BCUT2D eigenvalue weighted by Crippen LogP contribution is 2.33. The molecule has 0 amide bonds. The summed E-state index contributed by atoms with van der Waals surface area (Å²) in [5, 5.41) is 6.01. The number of methoxy groups -OCH3 is 1. The zero-order chi connectivity index (χ0) is 12.5. The van der Waals surface area contributed by atoms with E-state index in [2.05, 4.69) is 36.6 Å². The van der Waals surface area contributed by atoms with Crippen molar-refractivity contribution in [2.75, 3.05) is 14.2 Å². The Hall–Kier alpha value is -1.54. The first-order valence-corrected chi connectivity index (χ1v) is 6.59. The van der Waals surface area contributed by atoms with Crippen molar-refractivity contribution >= 4 is 10.8 Å². The lowest BCUT2D eigenvalue weighted by atomic mass is 9.86. The summed E-state index contributed by atoms with van der Waals surface area (Å²) < 4.78 is 5.30. The number of hydrogen-bond donors (Lipinski definition) is 1. The molecule has 1 atom stereocenters. The van der Waals surface area contributed by atoms with Gasteiger partial charge in [-0.05, 0) is 66.4 Å². The molecule has 0 heterocycles. The van der Waals surface area contributed by atoms with Gasteiger partial charge in [0.2, 0.25) is 0 Å². The van der Waals surface area contributed by atoms with Crippen LogP contribution < -0.4 is 10.1 Å². The van der Waals surface area contributed by atoms with Crippen molar-refractivity contribution in [2.45, 2.75) is 25.3 Å². The van der Waals surface area contributed by atoms with Crippen LogP contribution in [0.3, 0.4) is 0 Å². The quantitative estimate of drug-likeness (QED) is 0.869. The van der Waals surface area contributed by atoms with Crippen LogP contribution in [-0.4, -0.2) is 14.2 Å². The first-order chi connectivity index (χ1) is 8.81. The van der Waals surface area contributed by atoms with E-state index >= 15 is 0 Å². The van der Waals surface area contributed by atoms with Crippen LogP contribution in [0, 0.1) is 0 Å². The molecule has 2 heteroatoms. The molecule has 94 valence electrons. The molecule has 1 aliphatic rings. The summed E-state index contributed by atoms with van der Waals surface area (Å²) in [5.74, 6) is 0.934. The molecular formula is C16H19NO. The average Bonchev–Trinajstić information content (AvgIpc) is 2.43. The number of rotatable bonds is 2. The molecule has 0 radical (unpaired) electrons. The van der Waals surface area contributed by atoms with Crippen molar-refractivity contribution in [3.8, 4) is 5.75 Å². The third kappa shape index (κ3) is 1.87.